The van der Waals surface area contributed by atoms with Gasteiger partial charge in [0.1, 0.15) is 5.82 Å². The van der Waals surface area contributed by atoms with Gasteiger partial charge < -0.3 is 9.88 Å². The van der Waals surface area contributed by atoms with E-state index in [-0.39, 0.29) is 17.4 Å². The minimum atomic E-state index is -3.48. The van der Waals surface area contributed by atoms with E-state index in [2.05, 4.69) is 15.0 Å². The van der Waals surface area contributed by atoms with Crippen LogP contribution in [0.15, 0.2) is 11.2 Å². The largest absolute Gasteiger partial charge is 0.334 e. The Kier molecular flexibility index (Phi) is 6.44. The summed E-state index contributed by atoms with van der Waals surface area (Å²) in [6.07, 6.45) is 3.77. The Bertz CT molecular complexity index is 524. The van der Waals surface area contributed by atoms with E-state index in [1.165, 1.54) is 0 Å². The molecule has 2 rings (SSSR count). The third-order valence-electron chi connectivity index (χ3n) is 3.53. The number of hydrogen-bond acceptors (Lipinski definition) is 4. The lowest BCUT2D eigenvalue weighted by Gasteiger charge is -2.22. The number of nitrogens with zero attached hydrogens (tertiary/aromatic N) is 2. The zero-order valence-electron chi connectivity index (χ0n) is 11.9. The van der Waals surface area contributed by atoms with Crippen molar-refractivity contribution in [3.63, 3.8) is 0 Å². The van der Waals surface area contributed by atoms with Crippen LogP contribution < -0.4 is 10.0 Å². The van der Waals surface area contributed by atoms with E-state index in [0.717, 1.165) is 38.3 Å². The molecule has 1 aliphatic rings. The maximum atomic E-state index is 12.1. The first-order valence-corrected chi connectivity index (χ1v) is 8.25. The Labute approximate surface area is 126 Å². The molecular weight excluding hydrogens is 300 g/mol. The number of hydrogen-bond donors (Lipinski definition) is 2. The lowest BCUT2D eigenvalue weighted by Crippen LogP contribution is -2.38. The van der Waals surface area contributed by atoms with E-state index in [0.29, 0.717) is 12.5 Å². The first-order chi connectivity index (χ1) is 9.03. The maximum absolute atomic E-state index is 12.1. The van der Waals surface area contributed by atoms with Crippen LogP contribution in [0.4, 0.5) is 0 Å². The molecule has 1 unspecified atom stereocenters. The first-order valence-electron chi connectivity index (χ1n) is 6.77. The average molecular weight is 323 g/mol. The second-order valence-electron chi connectivity index (χ2n) is 4.98. The Balaban J connectivity index is 0.00000200. The minimum absolute atomic E-state index is 0. The highest BCUT2D eigenvalue weighted by Gasteiger charge is 2.21. The minimum Gasteiger partial charge on any atom is -0.334 e. The van der Waals surface area contributed by atoms with Crippen molar-refractivity contribution in [2.75, 3.05) is 19.6 Å². The van der Waals surface area contributed by atoms with E-state index in [1.54, 1.807) is 6.20 Å². The van der Waals surface area contributed by atoms with E-state index in [9.17, 15) is 8.42 Å². The summed E-state index contributed by atoms with van der Waals surface area (Å²) < 4.78 is 28.8. The normalized spacial score (nSPS) is 19.6. The molecule has 0 aromatic carbocycles. The van der Waals surface area contributed by atoms with Crippen LogP contribution in [0.5, 0.6) is 0 Å². The van der Waals surface area contributed by atoms with Crippen molar-refractivity contribution >= 4 is 22.4 Å². The van der Waals surface area contributed by atoms with E-state index >= 15 is 0 Å². The molecule has 2 heterocycles. The molecular formula is C12H23ClN4O2S. The third kappa shape index (κ3) is 4.18. The number of nitrogens with one attached hydrogen (secondary N) is 2. The van der Waals surface area contributed by atoms with Gasteiger partial charge in [-0.2, -0.15) is 0 Å². The summed E-state index contributed by atoms with van der Waals surface area (Å²) in [5.41, 5.74) is 0. The van der Waals surface area contributed by atoms with Crippen molar-refractivity contribution in [3.8, 4) is 0 Å². The fourth-order valence-electron chi connectivity index (χ4n) is 2.33. The standard InChI is InChI=1S/C12H22N4O2S.ClH/c1-3-16-9-12(15-10(16)2)19(17,18)14-8-11-5-4-6-13-7-11;/h9,11,13-14H,3-8H2,1-2H3;1H. The summed E-state index contributed by atoms with van der Waals surface area (Å²) in [6.45, 7) is 6.89. The Morgan fingerprint density at radius 2 is 2.30 bits per heavy atom. The first kappa shape index (κ1) is 17.4. The average Bonchev–Trinajstić information content (AvgIpc) is 2.80. The van der Waals surface area contributed by atoms with Gasteiger partial charge in [0.25, 0.3) is 10.0 Å². The maximum Gasteiger partial charge on any atom is 0.259 e. The molecule has 1 fully saturated rings. The predicted octanol–water partition coefficient (Wildman–Crippen LogP) is 0.911. The zero-order chi connectivity index (χ0) is 13.9. The molecule has 0 bridgehead atoms. The van der Waals surface area contributed by atoms with Gasteiger partial charge in [-0.1, -0.05) is 0 Å². The molecule has 0 radical (unpaired) electrons. The second kappa shape index (κ2) is 7.40. The van der Waals surface area contributed by atoms with Crippen molar-refractivity contribution < 1.29 is 8.42 Å². The topological polar surface area (TPSA) is 76.0 Å². The quantitative estimate of drug-likeness (QED) is 0.845. The molecule has 0 amide bonds. The Morgan fingerprint density at radius 3 is 2.85 bits per heavy atom. The van der Waals surface area contributed by atoms with Crippen LogP contribution in [-0.2, 0) is 16.6 Å². The predicted molar refractivity (Wildman–Crippen MR) is 80.7 cm³/mol. The van der Waals surface area contributed by atoms with E-state index in [1.807, 2.05) is 18.4 Å². The third-order valence-corrected chi connectivity index (χ3v) is 4.82. The molecule has 0 spiro atoms. The van der Waals surface area contributed by atoms with Crippen LogP contribution in [0, 0.1) is 12.8 Å². The molecule has 1 saturated heterocycles. The van der Waals surface area contributed by atoms with Gasteiger partial charge in [0.2, 0.25) is 0 Å². The van der Waals surface area contributed by atoms with Gasteiger partial charge in [-0.15, -0.1) is 12.4 Å². The summed E-state index contributed by atoms with van der Waals surface area (Å²) in [4.78, 5) is 4.11. The smallest absolute Gasteiger partial charge is 0.259 e. The van der Waals surface area contributed by atoms with Gasteiger partial charge in [0.15, 0.2) is 5.03 Å². The van der Waals surface area contributed by atoms with Crippen LogP contribution >= 0.6 is 12.4 Å². The summed E-state index contributed by atoms with van der Waals surface area (Å²) in [5, 5.41) is 3.40. The highest BCUT2D eigenvalue weighted by Crippen LogP contribution is 2.12. The highest BCUT2D eigenvalue weighted by atomic mass is 35.5. The molecule has 116 valence electrons. The number of rotatable bonds is 5. The molecule has 1 aromatic rings. The van der Waals surface area contributed by atoms with E-state index < -0.39 is 10.0 Å². The van der Waals surface area contributed by atoms with Gasteiger partial charge in [-0.3, -0.25) is 0 Å². The van der Waals surface area contributed by atoms with Crippen LogP contribution in [0.25, 0.3) is 0 Å². The summed E-state index contributed by atoms with van der Waals surface area (Å²) in [7, 11) is -3.48. The van der Waals surface area contributed by atoms with Crippen molar-refractivity contribution in [1.29, 1.82) is 0 Å². The van der Waals surface area contributed by atoms with Crippen molar-refractivity contribution in [2.24, 2.45) is 5.92 Å². The van der Waals surface area contributed by atoms with Crippen molar-refractivity contribution in [1.82, 2.24) is 19.6 Å². The van der Waals surface area contributed by atoms with Gasteiger partial charge in [-0.25, -0.2) is 18.1 Å². The fraction of sp³-hybridized carbons (Fsp3) is 0.750. The molecule has 1 aliphatic heterocycles. The molecule has 1 atom stereocenters. The SMILES string of the molecule is CCn1cc(S(=O)(=O)NCC2CCCNC2)nc1C.Cl. The zero-order valence-corrected chi connectivity index (χ0v) is 13.6. The molecule has 1 aromatic heterocycles. The number of aromatic nitrogens is 2. The van der Waals surface area contributed by atoms with Crippen molar-refractivity contribution in [2.45, 2.75) is 38.3 Å². The van der Waals surface area contributed by atoms with Crippen LogP contribution in [0.1, 0.15) is 25.6 Å². The van der Waals surface area contributed by atoms with Crippen LogP contribution in [0.3, 0.4) is 0 Å². The van der Waals surface area contributed by atoms with E-state index in [4.69, 9.17) is 0 Å². The number of halogens is 1. The van der Waals surface area contributed by atoms with Crippen LogP contribution in [0.2, 0.25) is 0 Å². The second-order valence-corrected chi connectivity index (χ2v) is 6.69. The summed E-state index contributed by atoms with van der Waals surface area (Å²) in [5.74, 6) is 1.10. The lowest BCUT2D eigenvalue weighted by molar-refractivity contribution is 0.375. The summed E-state index contributed by atoms with van der Waals surface area (Å²) in [6, 6.07) is 0. The van der Waals surface area contributed by atoms with Gasteiger partial charge in [-0.05, 0) is 45.7 Å². The van der Waals surface area contributed by atoms with Gasteiger partial charge in [0, 0.05) is 19.3 Å². The Hall–Kier alpha value is -0.630. The number of sulfonamides is 1. The molecule has 20 heavy (non-hydrogen) atoms. The summed E-state index contributed by atoms with van der Waals surface area (Å²) >= 11 is 0. The number of piperidine rings is 1. The van der Waals surface area contributed by atoms with Gasteiger partial charge in [0.05, 0.1) is 0 Å². The number of imidazole rings is 1. The molecule has 0 aliphatic carbocycles. The lowest BCUT2D eigenvalue weighted by atomic mass is 10.0. The Morgan fingerprint density at radius 1 is 1.55 bits per heavy atom. The number of aryl methyl sites for hydroxylation is 2. The monoisotopic (exact) mass is 322 g/mol. The molecule has 8 heteroatoms. The van der Waals surface area contributed by atoms with Gasteiger partial charge >= 0.3 is 0 Å². The molecule has 0 saturated carbocycles. The van der Waals surface area contributed by atoms with Crippen LogP contribution in [-0.4, -0.2) is 37.6 Å². The van der Waals surface area contributed by atoms with Crippen molar-refractivity contribution in [3.05, 3.63) is 12.0 Å². The highest BCUT2D eigenvalue weighted by molar-refractivity contribution is 7.89. The fourth-order valence-corrected chi connectivity index (χ4v) is 3.45. The molecule has 6 nitrogen and oxygen atoms in total. The molecule has 2 N–H and O–H groups in total.